The highest BCUT2D eigenvalue weighted by atomic mass is 16.5. The lowest BCUT2D eigenvalue weighted by molar-refractivity contribution is -0.135. The zero-order chi connectivity index (χ0) is 24.8. The monoisotopic (exact) mass is 480 g/mol. The van der Waals surface area contributed by atoms with E-state index < -0.39 is 12.1 Å². The standard InChI is InChI=1S/C26H32N4O5/c1-29-12-6-11-23(28-26(33)35-16-18-7-3-2-4-8-18)25(32)30-15-20(27)14-21(30)17-34-22-10-5-9-19(13-22)24(29)31/h2-5,7-10,13,20-21,23H,6,11-12,14-17,27H2,1H3,(H,28,33)/t20-,21-,23-/m0/s1. The predicted molar refractivity (Wildman–Crippen MR) is 130 cm³/mol. The molecule has 0 aromatic heterocycles. The van der Waals surface area contributed by atoms with Gasteiger partial charge in [-0.1, -0.05) is 36.4 Å². The van der Waals surface area contributed by atoms with E-state index >= 15 is 0 Å². The van der Waals surface area contributed by atoms with E-state index in [9.17, 15) is 14.4 Å². The molecule has 0 unspecified atom stereocenters. The molecule has 3 N–H and O–H groups in total. The van der Waals surface area contributed by atoms with E-state index in [0.717, 1.165) is 5.56 Å². The van der Waals surface area contributed by atoms with Crippen LogP contribution in [0.15, 0.2) is 54.6 Å². The number of ether oxygens (including phenoxy) is 2. The minimum absolute atomic E-state index is 0.105. The predicted octanol–water partition coefficient (Wildman–Crippen LogP) is 2.15. The first kappa shape index (κ1) is 24.5. The fourth-order valence-corrected chi connectivity index (χ4v) is 4.51. The van der Waals surface area contributed by atoms with Crippen molar-refractivity contribution < 1.29 is 23.9 Å². The summed E-state index contributed by atoms with van der Waals surface area (Å²) in [6.45, 7) is 1.17. The van der Waals surface area contributed by atoms with E-state index in [-0.39, 0.29) is 37.1 Å². The van der Waals surface area contributed by atoms with Gasteiger partial charge in [-0.25, -0.2) is 4.79 Å². The maximum absolute atomic E-state index is 13.5. The number of nitrogens with one attached hydrogen (secondary N) is 1. The smallest absolute Gasteiger partial charge is 0.408 e. The summed E-state index contributed by atoms with van der Waals surface area (Å²) in [6.07, 6.45) is 0.816. The molecule has 2 bridgehead atoms. The molecule has 3 amide bonds. The van der Waals surface area contributed by atoms with Gasteiger partial charge in [-0.2, -0.15) is 0 Å². The van der Waals surface area contributed by atoms with Gasteiger partial charge in [-0.15, -0.1) is 0 Å². The van der Waals surface area contributed by atoms with Crippen molar-refractivity contribution in [2.75, 3.05) is 26.7 Å². The number of carbonyl (C=O) groups excluding carboxylic acids is 3. The fourth-order valence-electron chi connectivity index (χ4n) is 4.51. The Morgan fingerprint density at radius 2 is 1.97 bits per heavy atom. The molecular formula is C26H32N4O5. The molecular weight excluding hydrogens is 448 g/mol. The highest BCUT2D eigenvalue weighted by Crippen LogP contribution is 2.22. The van der Waals surface area contributed by atoms with Crippen LogP contribution in [0.5, 0.6) is 5.75 Å². The Morgan fingerprint density at radius 1 is 1.17 bits per heavy atom. The Hall–Kier alpha value is -3.59. The molecule has 2 aromatic rings. The second kappa shape index (κ2) is 11.2. The van der Waals surface area contributed by atoms with E-state index in [2.05, 4.69) is 5.32 Å². The molecule has 9 heteroatoms. The first-order valence-corrected chi connectivity index (χ1v) is 11.9. The Balaban J connectivity index is 1.50. The molecule has 2 aliphatic rings. The van der Waals surface area contributed by atoms with Crippen LogP contribution < -0.4 is 15.8 Å². The molecule has 4 rings (SSSR count). The summed E-state index contributed by atoms with van der Waals surface area (Å²) >= 11 is 0. The molecule has 9 nitrogen and oxygen atoms in total. The van der Waals surface area contributed by atoms with Crippen molar-refractivity contribution >= 4 is 17.9 Å². The number of fused-ring (bicyclic) bond motifs is 3. The van der Waals surface area contributed by atoms with Gasteiger partial charge in [0.25, 0.3) is 5.91 Å². The lowest BCUT2D eigenvalue weighted by atomic mass is 10.1. The summed E-state index contributed by atoms with van der Waals surface area (Å²) in [5.41, 5.74) is 7.59. The molecule has 0 aliphatic carbocycles. The van der Waals surface area contributed by atoms with Gasteiger partial charge < -0.3 is 30.3 Å². The molecule has 186 valence electrons. The number of hydrogen-bond donors (Lipinski definition) is 2. The van der Waals surface area contributed by atoms with Gasteiger partial charge >= 0.3 is 6.09 Å². The van der Waals surface area contributed by atoms with Gasteiger partial charge in [0.2, 0.25) is 5.91 Å². The van der Waals surface area contributed by atoms with Crippen LogP contribution in [0.25, 0.3) is 0 Å². The number of nitrogens with two attached hydrogens (primary N) is 1. The largest absolute Gasteiger partial charge is 0.491 e. The van der Waals surface area contributed by atoms with E-state index in [1.54, 1.807) is 41.1 Å². The minimum Gasteiger partial charge on any atom is -0.491 e. The first-order chi connectivity index (χ1) is 16.9. The average molecular weight is 481 g/mol. The number of amides is 3. The molecule has 3 atom stereocenters. The zero-order valence-corrected chi connectivity index (χ0v) is 19.9. The third-order valence-electron chi connectivity index (χ3n) is 6.39. The Morgan fingerprint density at radius 3 is 2.77 bits per heavy atom. The summed E-state index contributed by atoms with van der Waals surface area (Å²) in [4.78, 5) is 42.3. The van der Waals surface area contributed by atoms with E-state index in [1.807, 2.05) is 30.3 Å². The van der Waals surface area contributed by atoms with Crippen molar-refractivity contribution in [3.05, 3.63) is 65.7 Å². The lowest BCUT2D eigenvalue weighted by Crippen LogP contribution is -2.51. The lowest BCUT2D eigenvalue weighted by Gasteiger charge is -2.30. The number of carbonyl (C=O) groups is 3. The maximum atomic E-state index is 13.5. The van der Waals surface area contributed by atoms with Crippen molar-refractivity contribution in [2.24, 2.45) is 5.73 Å². The summed E-state index contributed by atoms with van der Waals surface area (Å²) in [6, 6.07) is 15.2. The van der Waals surface area contributed by atoms with Crippen molar-refractivity contribution in [3.8, 4) is 5.75 Å². The first-order valence-electron chi connectivity index (χ1n) is 11.9. The molecule has 0 spiro atoms. The van der Waals surface area contributed by atoms with Crippen LogP contribution >= 0.6 is 0 Å². The molecule has 2 heterocycles. The quantitative estimate of drug-likeness (QED) is 0.696. The van der Waals surface area contributed by atoms with Gasteiger partial charge in [0, 0.05) is 31.7 Å². The average Bonchev–Trinajstić information content (AvgIpc) is 3.25. The highest BCUT2D eigenvalue weighted by molar-refractivity contribution is 5.94. The summed E-state index contributed by atoms with van der Waals surface area (Å²) in [7, 11) is 1.72. The molecule has 0 saturated carbocycles. The van der Waals surface area contributed by atoms with Crippen molar-refractivity contribution in [3.63, 3.8) is 0 Å². The van der Waals surface area contributed by atoms with Crippen LogP contribution in [0.1, 0.15) is 35.2 Å². The minimum atomic E-state index is -0.796. The second-order valence-corrected chi connectivity index (χ2v) is 9.11. The SMILES string of the molecule is CN1CCC[C@H](NC(=O)OCc2ccccc2)C(=O)N2C[C@@H](N)C[C@H]2COc2cccc(c2)C1=O. The Labute approximate surface area is 205 Å². The van der Waals surface area contributed by atoms with E-state index in [4.69, 9.17) is 15.2 Å². The molecule has 1 fully saturated rings. The molecule has 1 saturated heterocycles. The second-order valence-electron chi connectivity index (χ2n) is 9.11. The van der Waals surface area contributed by atoms with Crippen molar-refractivity contribution in [1.82, 2.24) is 15.1 Å². The van der Waals surface area contributed by atoms with Crippen molar-refractivity contribution in [1.29, 1.82) is 0 Å². The van der Waals surface area contributed by atoms with E-state index in [0.29, 0.717) is 43.7 Å². The van der Waals surface area contributed by atoms with Gasteiger partial charge in [0.1, 0.15) is 25.0 Å². The topological polar surface area (TPSA) is 114 Å². The normalized spacial score (nSPS) is 23.2. The Bertz CT molecular complexity index is 1050. The van der Waals surface area contributed by atoms with Crippen LogP contribution in [-0.4, -0.2) is 72.6 Å². The van der Waals surface area contributed by atoms with Gasteiger partial charge in [0.05, 0.1) is 6.04 Å². The molecule has 2 aromatic carbocycles. The highest BCUT2D eigenvalue weighted by Gasteiger charge is 2.38. The Kier molecular flexibility index (Phi) is 7.87. The van der Waals surface area contributed by atoms with Crippen LogP contribution in [0.2, 0.25) is 0 Å². The third-order valence-corrected chi connectivity index (χ3v) is 6.39. The molecule has 2 aliphatic heterocycles. The fraction of sp³-hybridized carbons (Fsp3) is 0.423. The third kappa shape index (κ3) is 6.30. The van der Waals surface area contributed by atoms with Crippen LogP contribution in [0.3, 0.4) is 0 Å². The number of hydrogen-bond acceptors (Lipinski definition) is 6. The number of alkyl carbamates (subject to hydrolysis) is 1. The maximum Gasteiger partial charge on any atom is 0.408 e. The number of nitrogens with zero attached hydrogens (tertiary/aromatic N) is 2. The van der Waals surface area contributed by atoms with Crippen molar-refractivity contribution in [2.45, 2.75) is 44.0 Å². The number of rotatable bonds is 3. The van der Waals surface area contributed by atoms with E-state index in [1.165, 1.54) is 0 Å². The summed E-state index contributed by atoms with van der Waals surface area (Å²) in [5, 5.41) is 2.74. The molecule has 0 radical (unpaired) electrons. The van der Waals surface area contributed by atoms with Gasteiger partial charge in [-0.3, -0.25) is 9.59 Å². The zero-order valence-electron chi connectivity index (χ0n) is 19.9. The molecule has 35 heavy (non-hydrogen) atoms. The van der Waals surface area contributed by atoms with Crippen LogP contribution in [-0.2, 0) is 16.1 Å². The van der Waals surface area contributed by atoms with Crippen LogP contribution in [0, 0.1) is 0 Å². The van der Waals surface area contributed by atoms with Gasteiger partial charge in [0.15, 0.2) is 0 Å². The summed E-state index contributed by atoms with van der Waals surface area (Å²) in [5.74, 6) is 0.214. The number of benzene rings is 2. The van der Waals surface area contributed by atoms with Crippen LogP contribution in [0.4, 0.5) is 4.79 Å². The summed E-state index contributed by atoms with van der Waals surface area (Å²) < 4.78 is 11.3. The van der Waals surface area contributed by atoms with Gasteiger partial charge in [-0.05, 0) is 43.0 Å².